The van der Waals surface area contributed by atoms with Crippen LogP contribution in [0.2, 0.25) is 0 Å². The fourth-order valence-electron chi connectivity index (χ4n) is 1.71. The first-order valence-corrected chi connectivity index (χ1v) is 5.69. The molecule has 1 aromatic carbocycles. The molecule has 16 heavy (non-hydrogen) atoms. The number of nitrogens with zero attached hydrogens (tertiary/aromatic N) is 3. The van der Waals surface area contributed by atoms with Crippen LogP contribution in [0.4, 0.5) is 4.39 Å². The molecular formula is C11H8FN3S. The SMILES string of the molecule is Cc1c(-c2ccccc2F)nc2scnn12. The molecule has 0 amide bonds. The Morgan fingerprint density at radius 3 is 2.88 bits per heavy atom. The van der Waals surface area contributed by atoms with Crippen molar-refractivity contribution in [1.29, 1.82) is 0 Å². The molecule has 0 aliphatic rings. The molecule has 0 saturated heterocycles. The van der Waals surface area contributed by atoms with Crippen LogP contribution in [0.15, 0.2) is 29.8 Å². The molecule has 0 saturated carbocycles. The summed E-state index contributed by atoms with van der Waals surface area (Å²) in [5.74, 6) is -0.253. The fraction of sp³-hybridized carbons (Fsp3) is 0.0909. The van der Waals surface area contributed by atoms with Gasteiger partial charge in [0, 0.05) is 5.56 Å². The molecule has 0 fully saturated rings. The van der Waals surface area contributed by atoms with Crippen molar-refractivity contribution in [2.75, 3.05) is 0 Å². The zero-order chi connectivity index (χ0) is 11.1. The highest BCUT2D eigenvalue weighted by molar-refractivity contribution is 7.14. The second-order valence-electron chi connectivity index (χ2n) is 3.46. The highest BCUT2D eigenvalue weighted by atomic mass is 32.1. The van der Waals surface area contributed by atoms with E-state index in [1.165, 1.54) is 17.4 Å². The van der Waals surface area contributed by atoms with Crippen molar-refractivity contribution in [2.45, 2.75) is 6.92 Å². The van der Waals surface area contributed by atoms with E-state index in [9.17, 15) is 4.39 Å². The van der Waals surface area contributed by atoms with Gasteiger partial charge in [0.2, 0.25) is 4.96 Å². The zero-order valence-electron chi connectivity index (χ0n) is 8.51. The van der Waals surface area contributed by atoms with Gasteiger partial charge in [0.15, 0.2) is 0 Å². The summed E-state index contributed by atoms with van der Waals surface area (Å²) in [6.07, 6.45) is 0. The monoisotopic (exact) mass is 233 g/mol. The minimum atomic E-state index is -0.253. The minimum absolute atomic E-state index is 0.253. The lowest BCUT2D eigenvalue weighted by molar-refractivity contribution is 0.630. The molecular weight excluding hydrogens is 225 g/mol. The van der Waals surface area contributed by atoms with Gasteiger partial charge in [0.25, 0.3) is 0 Å². The van der Waals surface area contributed by atoms with Crippen molar-refractivity contribution in [1.82, 2.24) is 14.6 Å². The second kappa shape index (κ2) is 3.38. The number of aryl methyl sites for hydroxylation is 1. The Bertz CT molecular complexity index is 656. The maximum absolute atomic E-state index is 13.6. The summed E-state index contributed by atoms with van der Waals surface area (Å²) >= 11 is 1.44. The van der Waals surface area contributed by atoms with Gasteiger partial charge in [-0.25, -0.2) is 13.9 Å². The molecule has 3 rings (SSSR count). The first kappa shape index (κ1) is 9.47. The Kier molecular flexibility index (Phi) is 2.00. The first-order valence-electron chi connectivity index (χ1n) is 4.81. The van der Waals surface area contributed by atoms with Gasteiger partial charge in [-0.3, -0.25) is 0 Å². The van der Waals surface area contributed by atoms with E-state index >= 15 is 0 Å². The Labute approximate surface area is 95.2 Å². The Morgan fingerprint density at radius 2 is 2.12 bits per heavy atom. The lowest BCUT2D eigenvalue weighted by atomic mass is 10.1. The Hall–Kier alpha value is -1.75. The van der Waals surface area contributed by atoms with Crippen LogP contribution in [0, 0.1) is 12.7 Å². The van der Waals surface area contributed by atoms with E-state index < -0.39 is 0 Å². The molecule has 0 radical (unpaired) electrons. The van der Waals surface area contributed by atoms with E-state index in [4.69, 9.17) is 0 Å². The summed E-state index contributed by atoms with van der Waals surface area (Å²) in [4.78, 5) is 5.17. The molecule has 3 aromatic rings. The molecule has 80 valence electrons. The number of fused-ring (bicyclic) bond motifs is 1. The second-order valence-corrected chi connectivity index (χ2v) is 4.27. The molecule has 5 heteroatoms. The normalized spacial score (nSPS) is 11.1. The third-order valence-electron chi connectivity index (χ3n) is 2.50. The van der Waals surface area contributed by atoms with E-state index in [0.29, 0.717) is 11.3 Å². The van der Waals surface area contributed by atoms with Gasteiger partial charge in [-0.15, -0.1) is 0 Å². The molecule has 2 heterocycles. The van der Waals surface area contributed by atoms with Crippen LogP contribution in [0.25, 0.3) is 16.2 Å². The molecule has 0 atom stereocenters. The van der Waals surface area contributed by atoms with Crippen LogP contribution in [0.1, 0.15) is 5.69 Å². The number of hydrogen-bond acceptors (Lipinski definition) is 3. The largest absolute Gasteiger partial charge is 0.217 e. The molecule has 0 unspecified atom stereocenters. The van der Waals surface area contributed by atoms with E-state index in [0.717, 1.165) is 10.7 Å². The van der Waals surface area contributed by atoms with Crippen molar-refractivity contribution in [3.63, 3.8) is 0 Å². The van der Waals surface area contributed by atoms with Crippen LogP contribution >= 0.6 is 11.3 Å². The first-order chi connectivity index (χ1) is 7.77. The van der Waals surface area contributed by atoms with Crippen LogP contribution in [0.3, 0.4) is 0 Å². The molecule has 0 bridgehead atoms. The van der Waals surface area contributed by atoms with Gasteiger partial charge < -0.3 is 0 Å². The molecule has 0 N–H and O–H groups in total. The van der Waals surface area contributed by atoms with Crippen molar-refractivity contribution in [3.8, 4) is 11.3 Å². The Morgan fingerprint density at radius 1 is 1.31 bits per heavy atom. The predicted octanol–water partition coefficient (Wildman–Crippen LogP) is 2.91. The summed E-state index contributed by atoms with van der Waals surface area (Å²) in [7, 11) is 0. The highest BCUT2D eigenvalue weighted by Crippen LogP contribution is 2.26. The topological polar surface area (TPSA) is 30.2 Å². The summed E-state index contributed by atoms with van der Waals surface area (Å²) in [5.41, 5.74) is 3.77. The van der Waals surface area contributed by atoms with E-state index in [1.54, 1.807) is 28.2 Å². The van der Waals surface area contributed by atoms with Gasteiger partial charge in [-0.05, 0) is 19.1 Å². The van der Waals surface area contributed by atoms with Crippen molar-refractivity contribution < 1.29 is 4.39 Å². The summed E-state index contributed by atoms with van der Waals surface area (Å²) in [5, 5.41) is 4.14. The minimum Gasteiger partial charge on any atom is -0.217 e. The van der Waals surface area contributed by atoms with Crippen LogP contribution in [-0.4, -0.2) is 14.6 Å². The molecule has 0 aliphatic carbocycles. The summed E-state index contributed by atoms with van der Waals surface area (Å²) < 4.78 is 15.4. The number of benzene rings is 1. The molecule has 3 nitrogen and oxygen atoms in total. The van der Waals surface area contributed by atoms with Crippen molar-refractivity contribution in [2.24, 2.45) is 0 Å². The van der Waals surface area contributed by atoms with Gasteiger partial charge in [-0.1, -0.05) is 23.5 Å². The van der Waals surface area contributed by atoms with Crippen LogP contribution in [-0.2, 0) is 0 Å². The highest BCUT2D eigenvalue weighted by Gasteiger charge is 2.14. The number of rotatable bonds is 1. The van der Waals surface area contributed by atoms with E-state index in [2.05, 4.69) is 10.1 Å². The Balaban J connectivity index is 2.30. The molecule has 0 aliphatic heterocycles. The van der Waals surface area contributed by atoms with E-state index in [-0.39, 0.29) is 5.82 Å². The number of hydrogen-bond donors (Lipinski definition) is 0. The predicted molar refractivity (Wildman–Crippen MR) is 61.0 cm³/mol. The zero-order valence-corrected chi connectivity index (χ0v) is 9.33. The van der Waals surface area contributed by atoms with Gasteiger partial charge >= 0.3 is 0 Å². The van der Waals surface area contributed by atoms with Crippen LogP contribution in [0.5, 0.6) is 0 Å². The maximum Gasteiger partial charge on any atom is 0.212 e. The smallest absolute Gasteiger partial charge is 0.212 e. The third kappa shape index (κ3) is 1.25. The number of aromatic nitrogens is 3. The quantitative estimate of drug-likeness (QED) is 0.647. The lowest BCUT2D eigenvalue weighted by Gasteiger charge is -1.99. The average molecular weight is 233 g/mol. The van der Waals surface area contributed by atoms with Gasteiger partial charge in [-0.2, -0.15) is 5.10 Å². The fourth-order valence-corrected chi connectivity index (χ4v) is 2.37. The van der Waals surface area contributed by atoms with Crippen molar-refractivity contribution >= 4 is 16.3 Å². The molecule has 0 spiro atoms. The standard InChI is InChI=1S/C11H8FN3S/c1-7-10(8-4-2-3-5-9(8)12)14-11-15(7)13-6-16-11/h2-6H,1H3. The lowest BCUT2D eigenvalue weighted by Crippen LogP contribution is -1.89. The number of imidazole rings is 1. The summed E-state index contributed by atoms with van der Waals surface area (Å²) in [6, 6.07) is 6.65. The maximum atomic E-state index is 13.6. The average Bonchev–Trinajstić information content (AvgIpc) is 2.83. The van der Waals surface area contributed by atoms with Crippen molar-refractivity contribution in [3.05, 3.63) is 41.3 Å². The molecule has 2 aromatic heterocycles. The van der Waals surface area contributed by atoms with Crippen LogP contribution < -0.4 is 0 Å². The van der Waals surface area contributed by atoms with Gasteiger partial charge in [0.1, 0.15) is 11.3 Å². The van der Waals surface area contributed by atoms with E-state index in [1.807, 2.05) is 6.92 Å². The van der Waals surface area contributed by atoms with Gasteiger partial charge in [0.05, 0.1) is 11.4 Å². The number of halogens is 1. The summed E-state index contributed by atoms with van der Waals surface area (Å²) in [6.45, 7) is 1.89. The third-order valence-corrected chi connectivity index (χ3v) is 3.17.